The highest BCUT2D eigenvalue weighted by Crippen LogP contribution is 2.19. The maximum atomic E-state index is 12.1. The van der Waals surface area contributed by atoms with Crippen LogP contribution in [-0.4, -0.2) is 31.7 Å². The molecule has 0 spiro atoms. The average molecular weight is 307 g/mol. The second kappa shape index (κ2) is 6.80. The van der Waals surface area contributed by atoms with E-state index in [1.807, 2.05) is 6.92 Å². The van der Waals surface area contributed by atoms with Crippen molar-refractivity contribution < 1.29 is 17.7 Å². The van der Waals surface area contributed by atoms with E-state index in [0.29, 0.717) is 0 Å². The van der Waals surface area contributed by atoms with Crippen molar-refractivity contribution in [3.8, 4) is 0 Å². The van der Waals surface area contributed by atoms with Crippen LogP contribution in [-0.2, 0) is 14.3 Å². The van der Waals surface area contributed by atoms with Gasteiger partial charge in [0.1, 0.15) is 0 Å². The molecule has 1 aromatic heterocycles. The van der Waals surface area contributed by atoms with Gasteiger partial charge < -0.3 is 5.11 Å². The molecule has 112 valence electrons. The molecule has 0 saturated carbocycles. The molecular formula is C15H17NO4S. The molecule has 1 atom stereocenters. The molecule has 6 heteroatoms. The van der Waals surface area contributed by atoms with Gasteiger partial charge in [-0.3, -0.25) is 9.17 Å². The molecule has 1 aromatic carbocycles. The normalized spacial score (nSPS) is 13.0. The van der Waals surface area contributed by atoms with E-state index in [9.17, 15) is 13.5 Å². The van der Waals surface area contributed by atoms with Crippen LogP contribution < -0.4 is 0 Å². The Morgan fingerprint density at radius 2 is 1.76 bits per heavy atom. The van der Waals surface area contributed by atoms with E-state index >= 15 is 0 Å². The minimum absolute atomic E-state index is 0.111. The molecule has 2 rings (SSSR count). The molecule has 1 N–H and O–H groups in total. The zero-order chi connectivity index (χ0) is 15.3. The highest BCUT2D eigenvalue weighted by molar-refractivity contribution is 7.86. The van der Waals surface area contributed by atoms with Crippen LogP contribution in [0.1, 0.15) is 17.0 Å². The van der Waals surface area contributed by atoms with Gasteiger partial charge in [0.2, 0.25) is 0 Å². The minimum Gasteiger partial charge on any atom is -0.396 e. The van der Waals surface area contributed by atoms with Crippen molar-refractivity contribution >= 4 is 10.1 Å². The predicted molar refractivity (Wildman–Crippen MR) is 78.4 cm³/mol. The van der Waals surface area contributed by atoms with Gasteiger partial charge in [0, 0.05) is 18.3 Å². The number of hydrogen-bond acceptors (Lipinski definition) is 5. The van der Waals surface area contributed by atoms with Gasteiger partial charge in [-0.2, -0.15) is 8.42 Å². The van der Waals surface area contributed by atoms with Crippen molar-refractivity contribution in [1.82, 2.24) is 4.98 Å². The zero-order valence-corrected chi connectivity index (χ0v) is 12.5. The average Bonchev–Trinajstić information content (AvgIpc) is 2.49. The Bertz CT molecular complexity index is 669. The van der Waals surface area contributed by atoms with Crippen molar-refractivity contribution in [1.29, 1.82) is 0 Å². The van der Waals surface area contributed by atoms with E-state index < -0.39 is 16.0 Å². The van der Waals surface area contributed by atoms with Gasteiger partial charge in [-0.15, -0.1) is 0 Å². The smallest absolute Gasteiger partial charge is 0.296 e. The summed E-state index contributed by atoms with van der Waals surface area (Å²) in [6.45, 7) is 1.56. The monoisotopic (exact) mass is 307 g/mol. The Kier molecular flexibility index (Phi) is 5.06. The fourth-order valence-electron chi connectivity index (χ4n) is 1.83. The molecule has 0 aliphatic heterocycles. The standard InChI is InChI=1S/C15H17NO4S/c1-12-2-4-15(5-3-12)21(18,19)20-11-14(10-17)13-6-8-16-9-7-13/h2-9,14,17H,10-11H2,1H3. The van der Waals surface area contributed by atoms with Gasteiger partial charge in [0.25, 0.3) is 10.1 Å². The summed E-state index contributed by atoms with van der Waals surface area (Å²) in [6.07, 6.45) is 3.18. The van der Waals surface area contributed by atoms with Crippen LogP contribution in [0.25, 0.3) is 0 Å². The van der Waals surface area contributed by atoms with Crippen molar-refractivity contribution in [2.75, 3.05) is 13.2 Å². The number of nitrogens with zero attached hydrogens (tertiary/aromatic N) is 1. The van der Waals surface area contributed by atoms with Gasteiger partial charge in [0.05, 0.1) is 18.1 Å². The van der Waals surface area contributed by atoms with Crippen molar-refractivity contribution in [3.05, 3.63) is 59.9 Å². The number of pyridine rings is 1. The number of benzene rings is 1. The second-order valence-corrected chi connectivity index (χ2v) is 6.33. The summed E-state index contributed by atoms with van der Waals surface area (Å²) in [5.74, 6) is -0.409. The lowest BCUT2D eigenvalue weighted by Crippen LogP contribution is -2.16. The first kappa shape index (κ1) is 15.6. The Balaban J connectivity index is 2.08. The maximum Gasteiger partial charge on any atom is 0.296 e. The summed E-state index contributed by atoms with van der Waals surface area (Å²) in [6, 6.07) is 9.88. The van der Waals surface area contributed by atoms with Gasteiger partial charge in [-0.05, 0) is 36.8 Å². The number of aliphatic hydroxyl groups excluding tert-OH is 1. The number of aliphatic hydroxyl groups is 1. The fraction of sp³-hybridized carbons (Fsp3) is 0.267. The molecular weight excluding hydrogens is 290 g/mol. The topological polar surface area (TPSA) is 76.5 Å². The van der Waals surface area contributed by atoms with Crippen LogP contribution in [0.4, 0.5) is 0 Å². The number of rotatable bonds is 6. The molecule has 0 amide bonds. The Labute approximate surface area is 124 Å². The Morgan fingerprint density at radius 3 is 2.33 bits per heavy atom. The molecule has 0 fully saturated rings. The van der Waals surface area contributed by atoms with Crippen molar-refractivity contribution in [3.63, 3.8) is 0 Å². The van der Waals surface area contributed by atoms with Crippen LogP contribution in [0.2, 0.25) is 0 Å². The fourth-order valence-corrected chi connectivity index (χ4v) is 2.78. The third-order valence-electron chi connectivity index (χ3n) is 3.13. The van der Waals surface area contributed by atoms with Crippen LogP contribution in [0.15, 0.2) is 53.7 Å². The quantitative estimate of drug-likeness (QED) is 0.825. The van der Waals surface area contributed by atoms with E-state index in [1.165, 1.54) is 12.1 Å². The van der Waals surface area contributed by atoms with Gasteiger partial charge in [-0.25, -0.2) is 0 Å². The molecule has 2 aromatic rings. The molecule has 1 heterocycles. The van der Waals surface area contributed by atoms with Gasteiger partial charge in [0.15, 0.2) is 0 Å². The van der Waals surface area contributed by atoms with Crippen molar-refractivity contribution in [2.45, 2.75) is 17.7 Å². The Morgan fingerprint density at radius 1 is 1.14 bits per heavy atom. The Hall–Kier alpha value is -1.76. The van der Waals surface area contributed by atoms with Gasteiger partial charge in [-0.1, -0.05) is 17.7 Å². The van der Waals surface area contributed by atoms with E-state index in [0.717, 1.165) is 11.1 Å². The molecule has 0 aliphatic carbocycles. The summed E-state index contributed by atoms with van der Waals surface area (Å²) in [7, 11) is -3.82. The van der Waals surface area contributed by atoms with E-state index in [1.54, 1.807) is 36.7 Å². The number of aromatic nitrogens is 1. The van der Waals surface area contributed by atoms with Crippen molar-refractivity contribution in [2.24, 2.45) is 0 Å². The predicted octanol–water partition coefficient (Wildman–Crippen LogP) is 1.87. The first-order valence-electron chi connectivity index (χ1n) is 6.50. The second-order valence-electron chi connectivity index (χ2n) is 4.71. The summed E-state index contributed by atoms with van der Waals surface area (Å²) in [5.41, 5.74) is 1.76. The lowest BCUT2D eigenvalue weighted by atomic mass is 10.0. The summed E-state index contributed by atoms with van der Waals surface area (Å²) < 4.78 is 29.2. The first-order valence-corrected chi connectivity index (χ1v) is 7.90. The van der Waals surface area contributed by atoms with Crippen LogP contribution in [0.5, 0.6) is 0 Å². The van der Waals surface area contributed by atoms with Crippen LogP contribution in [0, 0.1) is 6.92 Å². The SMILES string of the molecule is Cc1ccc(S(=O)(=O)OCC(CO)c2ccncc2)cc1. The van der Waals surface area contributed by atoms with E-state index in [-0.39, 0.29) is 18.1 Å². The minimum atomic E-state index is -3.82. The summed E-state index contributed by atoms with van der Waals surface area (Å²) in [5, 5.41) is 9.39. The highest BCUT2D eigenvalue weighted by atomic mass is 32.2. The van der Waals surface area contributed by atoms with E-state index in [4.69, 9.17) is 4.18 Å². The maximum absolute atomic E-state index is 12.1. The summed E-state index contributed by atoms with van der Waals surface area (Å²) in [4.78, 5) is 4.00. The molecule has 0 aliphatic rings. The number of aryl methyl sites for hydroxylation is 1. The zero-order valence-electron chi connectivity index (χ0n) is 11.6. The number of hydrogen-bond donors (Lipinski definition) is 1. The molecule has 0 radical (unpaired) electrons. The largest absolute Gasteiger partial charge is 0.396 e. The van der Waals surface area contributed by atoms with Crippen LogP contribution in [0.3, 0.4) is 0 Å². The third kappa shape index (κ3) is 4.10. The van der Waals surface area contributed by atoms with Crippen LogP contribution >= 0.6 is 0 Å². The highest BCUT2D eigenvalue weighted by Gasteiger charge is 2.19. The molecule has 21 heavy (non-hydrogen) atoms. The van der Waals surface area contributed by atoms with Gasteiger partial charge >= 0.3 is 0 Å². The van der Waals surface area contributed by atoms with E-state index in [2.05, 4.69) is 4.98 Å². The first-order chi connectivity index (χ1) is 10.0. The third-order valence-corrected chi connectivity index (χ3v) is 4.43. The molecule has 0 saturated heterocycles. The lowest BCUT2D eigenvalue weighted by molar-refractivity contribution is 0.208. The molecule has 5 nitrogen and oxygen atoms in total. The summed E-state index contributed by atoms with van der Waals surface area (Å²) >= 11 is 0. The molecule has 0 bridgehead atoms. The molecule has 1 unspecified atom stereocenters. The lowest BCUT2D eigenvalue weighted by Gasteiger charge is -2.14.